The molecule has 0 spiro atoms. The van der Waals surface area contributed by atoms with Crippen LogP contribution in [-0.4, -0.2) is 92.7 Å². The van der Waals surface area contributed by atoms with Crippen LogP contribution in [-0.2, 0) is 24.2 Å². The SMILES string of the molecule is O=S(=O)(Nc1cccc(-c2nc(C3CCOCC3)sc2-c2ccnc(NCCN3CCOCC3)n2)c1F)C1C=COC1. The van der Waals surface area contributed by atoms with Crippen molar-refractivity contribution >= 4 is 33.0 Å². The van der Waals surface area contributed by atoms with Crippen molar-refractivity contribution in [1.82, 2.24) is 19.9 Å². The van der Waals surface area contributed by atoms with Gasteiger partial charge in [0, 0.05) is 57.1 Å². The summed E-state index contributed by atoms with van der Waals surface area (Å²) >= 11 is 1.48. The maximum atomic E-state index is 16.1. The van der Waals surface area contributed by atoms with E-state index in [4.69, 9.17) is 24.2 Å². The summed E-state index contributed by atoms with van der Waals surface area (Å²) in [5.74, 6) is -0.0448. The lowest BCUT2D eigenvalue weighted by Crippen LogP contribution is -2.39. The number of benzene rings is 1. The first-order valence-electron chi connectivity index (χ1n) is 14.0. The van der Waals surface area contributed by atoms with Crippen molar-refractivity contribution in [1.29, 1.82) is 0 Å². The Hall–Kier alpha value is -3.17. The van der Waals surface area contributed by atoms with E-state index in [1.807, 2.05) is 0 Å². The number of nitrogens with zero attached hydrogens (tertiary/aromatic N) is 4. The van der Waals surface area contributed by atoms with Crippen LogP contribution < -0.4 is 10.0 Å². The number of ether oxygens (including phenoxy) is 3. The van der Waals surface area contributed by atoms with E-state index >= 15 is 4.39 Å². The second-order valence-corrected chi connectivity index (χ2v) is 13.2. The van der Waals surface area contributed by atoms with Gasteiger partial charge < -0.3 is 19.5 Å². The number of sulfonamides is 1. The maximum Gasteiger partial charge on any atom is 0.242 e. The number of nitrogens with one attached hydrogen (secondary N) is 2. The molecule has 14 heteroatoms. The maximum absolute atomic E-state index is 16.1. The van der Waals surface area contributed by atoms with E-state index in [1.54, 1.807) is 24.4 Å². The van der Waals surface area contributed by atoms with Gasteiger partial charge >= 0.3 is 0 Å². The van der Waals surface area contributed by atoms with Gasteiger partial charge in [-0.1, -0.05) is 6.07 Å². The van der Waals surface area contributed by atoms with E-state index in [0.29, 0.717) is 42.0 Å². The summed E-state index contributed by atoms with van der Waals surface area (Å²) in [4.78, 5) is 17.1. The highest BCUT2D eigenvalue weighted by atomic mass is 32.2. The largest absolute Gasteiger partial charge is 0.500 e. The first kappa shape index (κ1) is 28.9. The zero-order valence-electron chi connectivity index (χ0n) is 23.0. The average Bonchev–Trinajstić information content (AvgIpc) is 3.72. The molecular weight excluding hydrogens is 583 g/mol. The Kier molecular flexibility index (Phi) is 8.95. The van der Waals surface area contributed by atoms with Crippen molar-refractivity contribution in [2.45, 2.75) is 24.0 Å². The summed E-state index contributed by atoms with van der Waals surface area (Å²) in [5.41, 5.74) is 1.08. The van der Waals surface area contributed by atoms with Gasteiger partial charge in [0.15, 0.2) is 5.82 Å². The Morgan fingerprint density at radius 2 is 1.88 bits per heavy atom. The standard InChI is InChI=1S/C28H33FN6O5S2/c29-24-21(2-1-3-22(24)34-42(36,37)20-7-15-40-18-20)25-26(41-27(33-25)19-5-13-38-14-6-19)23-4-8-30-28(32-23)31-9-10-35-11-16-39-17-12-35/h1-4,7-8,15,19-20,34H,5-6,9-14,16-18H2,(H,30,31,32). The highest BCUT2D eigenvalue weighted by molar-refractivity contribution is 7.93. The number of rotatable bonds is 10. The van der Waals surface area contributed by atoms with Crippen molar-refractivity contribution in [3.8, 4) is 21.8 Å². The third kappa shape index (κ3) is 6.57. The van der Waals surface area contributed by atoms with Gasteiger partial charge in [-0.2, -0.15) is 0 Å². The summed E-state index contributed by atoms with van der Waals surface area (Å²) < 4.78 is 60.2. The molecule has 224 valence electrons. The summed E-state index contributed by atoms with van der Waals surface area (Å²) in [6.07, 6.45) is 6.09. The van der Waals surface area contributed by atoms with E-state index in [1.165, 1.54) is 29.7 Å². The second kappa shape index (κ2) is 13.0. The Morgan fingerprint density at radius 3 is 2.67 bits per heavy atom. The first-order valence-corrected chi connectivity index (χ1v) is 16.4. The molecule has 1 atom stereocenters. The van der Waals surface area contributed by atoms with Crippen molar-refractivity contribution in [2.24, 2.45) is 0 Å². The van der Waals surface area contributed by atoms with Gasteiger partial charge in [-0.15, -0.1) is 11.3 Å². The van der Waals surface area contributed by atoms with Crippen LogP contribution >= 0.6 is 11.3 Å². The van der Waals surface area contributed by atoms with Crippen LogP contribution in [0.15, 0.2) is 42.8 Å². The molecule has 11 nitrogen and oxygen atoms in total. The Morgan fingerprint density at radius 1 is 1.07 bits per heavy atom. The van der Waals surface area contributed by atoms with Crippen LogP contribution in [0.25, 0.3) is 21.8 Å². The highest BCUT2D eigenvalue weighted by Crippen LogP contribution is 2.42. The van der Waals surface area contributed by atoms with Gasteiger partial charge in [-0.3, -0.25) is 9.62 Å². The number of halogens is 1. The molecule has 3 aliphatic heterocycles. The van der Waals surface area contributed by atoms with Gasteiger partial charge in [0.1, 0.15) is 11.9 Å². The van der Waals surface area contributed by atoms with Crippen molar-refractivity contribution in [3.63, 3.8) is 0 Å². The van der Waals surface area contributed by atoms with E-state index in [9.17, 15) is 8.42 Å². The zero-order valence-corrected chi connectivity index (χ0v) is 24.6. The summed E-state index contributed by atoms with van der Waals surface area (Å²) in [6.45, 7) is 6.05. The molecule has 42 heavy (non-hydrogen) atoms. The summed E-state index contributed by atoms with van der Waals surface area (Å²) in [7, 11) is -3.90. The summed E-state index contributed by atoms with van der Waals surface area (Å²) in [6, 6.07) is 6.42. The monoisotopic (exact) mass is 616 g/mol. The quantitative estimate of drug-likeness (QED) is 0.348. The Balaban J connectivity index is 1.30. The van der Waals surface area contributed by atoms with Crippen LogP contribution in [0.3, 0.4) is 0 Å². The number of thiazole rings is 1. The van der Waals surface area contributed by atoms with E-state index in [-0.39, 0.29) is 23.8 Å². The molecule has 1 unspecified atom stereocenters. The zero-order chi connectivity index (χ0) is 28.9. The lowest BCUT2D eigenvalue weighted by molar-refractivity contribution is 0.0398. The lowest BCUT2D eigenvalue weighted by atomic mass is 10.0. The van der Waals surface area contributed by atoms with Crippen molar-refractivity contribution < 1.29 is 27.0 Å². The third-order valence-electron chi connectivity index (χ3n) is 7.47. The number of aromatic nitrogens is 3. The molecule has 2 fully saturated rings. The lowest BCUT2D eigenvalue weighted by Gasteiger charge is -2.26. The molecule has 0 amide bonds. The summed E-state index contributed by atoms with van der Waals surface area (Å²) in [5, 5.41) is 3.28. The van der Waals surface area contributed by atoms with E-state index < -0.39 is 21.1 Å². The molecule has 5 heterocycles. The predicted molar refractivity (Wildman–Crippen MR) is 158 cm³/mol. The van der Waals surface area contributed by atoms with Gasteiger partial charge in [-0.05, 0) is 37.1 Å². The normalized spacial score (nSPS) is 20.0. The number of hydrogen-bond acceptors (Lipinski definition) is 11. The molecule has 2 N–H and O–H groups in total. The van der Waals surface area contributed by atoms with Gasteiger partial charge in [0.2, 0.25) is 16.0 Å². The minimum Gasteiger partial charge on any atom is -0.500 e. The fraction of sp³-hybridized carbons (Fsp3) is 0.464. The fourth-order valence-corrected chi connectivity index (χ4v) is 7.46. The molecular formula is C28H33FN6O5S2. The van der Waals surface area contributed by atoms with Crippen molar-refractivity contribution in [3.05, 3.63) is 53.6 Å². The first-order chi connectivity index (χ1) is 20.5. The highest BCUT2D eigenvalue weighted by Gasteiger charge is 2.29. The van der Waals surface area contributed by atoms with Crippen LogP contribution in [0.5, 0.6) is 0 Å². The average molecular weight is 617 g/mol. The fourth-order valence-electron chi connectivity index (χ4n) is 5.10. The van der Waals surface area contributed by atoms with Crippen LogP contribution in [0.1, 0.15) is 23.8 Å². The van der Waals surface area contributed by atoms with E-state index in [2.05, 4.69) is 19.9 Å². The van der Waals surface area contributed by atoms with Crippen LogP contribution in [0, 0.1) is 5.82 Å². The smallest absolute Gasteiger partial charge is 0.242 e. The van der Waals surface area contributed by atoms with E-state index in [0.717, 1.165) is 50.7 Å². The van der Waals surface area contributed by atoms with Gasteiger partial charge in [-0.25, -0.2) is 27.8 Å². The molecule has 0 saturated carbocycles. The minimum absolute atomic E-state index is 0.0160. The molecule has 6 rings (SSSR count). The molecule has 3 aliphatic rings. The Bertz CT molecular complexity index is 1520. The minimum atomic E-state index is -3.90. The van der Waals surface area contributed by atoms with Crippen LogP contribution in [0.4, 0.5) is 16.0 Å². The van der Waals surface area contributed by atoms with Crippen LogP contribution in [0.2, 0.25) is 0 Å². The molecule has 3 aromatic rings. The number of morpholine rings is 1. The number of anilines is 2. The molecule has 2 aromatic heterocycles. The van der Waals surface area contributed by atoms with Gasteiger partial charge in [0.25, 0.3) is 0 Å². The Labute approximate surface area is 248 Å². The van der Waals surface area contributed by atoms with Gasteiger partial charge in [0.05, 0.1) is 46.4 Å². The van der Waals surface area contributed by atoms with Crippen molar-refractivity contribution in [2.75, 3.05) is 69.3 Å². The third-order valence-corrected chi connectivity index (χ3v) is 10.3. The molecule has 1 aromatic carbocycles. The topological polar surface area (TPSA) is 128 Å². The number of hydrogen-bond donors (Lipinski definition) is 2. The molecule has 0 radical (unpaired) electrons. The molecule has 0 bridgehead atoms. The predicted octanol–water partition coefficient (Wildman–Crippen LogP) is 3.70. The molecule has 2 saturated heterocycles. The second-order valence-electron chi connectivity index (χ2n) is 10.3. The molecule has 0 aliphatic carbocycles.